The third-order valence-electron chi connectivity index (χ3n) is 4.00. The van der Waals surface area contributed by atoms with Gasteiger partial charge in [-0.3, -0.25) is 4.79 Å². The Morgan fingerprint density at radius 1 is 1.38 bits per heavy atom. The third kappa shape index (κ3) is 4.21. The Hall–Kier alpha value is -1.55. The van der Waals surface area contributed by atoms with E-state index in [0.29, 0.717) is 6.54 Å². The molecular weight excluding hydrogens is 264 g/mol. The largest absolute Gasteiger partial charge is 0.494 e. The van der Waals surface area contributed by atoms with Gasteiger partial charge in [0.2, 0.25) is 5.91 Å². The predicted octanol–water partition coefficient (Wildman–Crippen LogP) is 2.73. The average molecular weight is 290 g/mol. The fourth-order valence-corrected chi connectivity index (χ4v) is 2.69. The van der Waals surface area contributed by atoms with Crippen molar-refractivity contribution in [1.29, 1.82) is 0 Å². The van der Waals surface area contributed by atoms with E-state index < -0.39 is 0 Å². The number of benzene rings is 1. The molecule has 21 heavy (non-hydrogen) atoms. The summed E-state index contributed by atoms with van der Waals surface area (Å²) in [5.41, 5.74) is 7.30. The van der Waals surface area contributed by atoms with E-state index in [-0.39, 0.29) is 17.9 Å². The Balaban J connectivity index is 1.93. The first-order valence-electron chi connectivity index (χ1n) is 7.89. The van der Waals surface area contributed by atoms with Crippen LogP contribution in [0.1, 0.15) is 44.7 Å². The van der Waals surface area contributed by atoms with Gasteiger partial charge in [0.05, 0.1) is 6.61 Å². The summed E-state index contributed by atoms with van der Waals surface area (Å²) in [6.45, 7) is 6.24. The monoisotopic (exact) mass is 290 g/mol. The van der Waals surface area contributed by atoms with Gasteiger partial charge < -0.3 is 15.4 Å². The topological polar surface area (TPSA) is 55.6 Å². The van der Waals surface area contributed by atoms with Crippen LogP contribution in [-0.2, 0) is 4.79 Å². The quantitative estimate of drug-likeness (QED) is 0.876. The van der Waals surface area contributed by atoms with Crippen LogP contribution in [0.2, 0.25) is 0 Å². The van der Waals surface area contributed by atoms with E-state index in [4.69, 9.17) is 10.5 Å². The number of likely N-dealkylation sites (tertiary alicyclic amines) is 1. The molecule has 2 N–H and O–H groups in total. The predicted molar refractivity (Wildman–Crippen MR) is 84.1 cm³/mol. The van der Waals surface area contributed by atoms with Crippen LogP contribution in [0.25, 0.3) is 0 Å². The SMILES string of the molecule is CCCOc1ccc(C(N)CN2CCCC(C)C2=O)cc1. The summed E-state index contributed by atoms with van der Waals surface area (Å²) in [4.78, 5) is 14.0. The molecule has 4 heteroatoms. The first-order valence-corrected chi connectivity index (χ1v) is 7.89. The molecule has 2 atom stereocenters. The van der Waals surface area contributed by atoms with E-state index in [9.17, 15) is 4.79 Å². The Morgan fingerprint density at radius 2 is 2.10 bits per heavy atom. The number of amides is 1. The van der Waals surface area contributed by atoms with Crippen LogP contribution in [0.3, 0.4) is 0 Å². The molecule has 0 saturated carbocycles. The molecule has 1 aliphatic rings. The summed E-state index contributed by atoms with van der Waals surface area (Å²) < 4.78 is 5.57. The van der Waals surface area contributed by atoms with Crippen molar-refractivity contribution in [3.63, 3.8) is 0 Å². The van der Waals surface area contributed by atoms with Crippen LogP contribution >= 0.6 is 0 Å². The molecular formula is C17H26N2O2. The molecule has 1 fully saturated rings. The van der Waals surface area contributed by atoms with Crippen molar-refractivity contribution in [3.8, 4) is 5.75 Å². The summed E-state index contributed by atoms with van der Waals surface area (Å²) in [6, 6.07) is 7.75. The van der Waals surface area contributed by atoms with Crippen molar-refractivity contribution < 1.29 is 9.53 Å². The fourth-order valence-electron chi connectivity index (χ4n) is 2.69. The molecule has 1 aromatic carbocycles. The van der Waals surface area contributed by atoms with Gasteiger partial charge in [0, 0.05) is 25.0 Å². The minimum Gasteiger partial charge on any atom is -0.494 e. The van der Waals surface area contributed by atoms with Gasteiger partial charge >= 0.3 is 0 Å². The van der Waals surface area contributed by atoms with Crippen LogP contribution in [-0.4, -0.2) is 30.5 Å². The zero-order valence-electron chi connectivity index (χ0n) is 13.0. The summed E-state index contributed by atoms with van der Waals surface area (Å²) in [5.74, 6) is 1.24. The molecule has 116 valence electrons. The minimum absolute atomic E-state index is 0.135. The molecule has 0 radical (unpaired) electrons. The average Bonchev–Trinajstić information content (AvgIpc) is 2.50. The van der Waals surface area contributed by atoms with Gasteiger partial charge in [-0.25, -0.2) is 0 Å². The van der Waals surface area contributed by atoms with Gasteiger partial charge in [-0.15, -0.1) is 0 Å². The Bertz CT molecular complexity index is 458. The molecule has 1 heterocycles. The Kier molecular flexibility index (Phi) is 5.62. The second-order valence-corrected chi connectivity index (χ2v) is 5.85. The lowest BCUT2D eigenvalue weighted by Crippen LogP contribution is -2.43. The molecule has 2 unspecified atom stereocenters. The number of rotatable bonds is 6. The van der Waals surface area contributed by atoms with Crippen molar-refractivity contribution in [3.05, 3.63) is 29.8 Å². The van der Waals surface area contributed by atoms with E-state index in [1.807, 2.05) is 36.1 Å². The molecule has 1 amide bonds. The molecule has 0 aliphatic carbocycles. The highest BCUT2D eigenvalue weighted by molar-refractivity contribution is 5.79. The van der Waals surface area contributed by atoms with Crippen LogP contribution in [0.15, 0.2) is 24.3 Å². The van der Waals surface area contributed by atoms with E-state index >= 15 is 0 Å². The van der Waals surface area contributed by atoms with Crippen molar-refractivity contribution >= 4 is 5.91 Å². The zero-order valence-corrected chi connectivity index (χ0v) is 13.0. The van der Waals surface area contributed by atoms with Gasteiger partial charge in [0.15, 0.2) is 0 Å². The minimum atomic E-state index is -0.139. The van der Waals surface area contributed by atoms with Gasteiger partial charge in [-0.1, -0.05) is 26.0 Å². The van der Waals surface area contributed by atoms with Gasteiger partial charge in [-0.2, -0.15) is 0 Å². The first-order chi connectivity index (χ1) is 10.1. The number of carbonyl (C=O) groups excluding carboxylic acids is 1. The highest BCUT2D eigenvalue weighted by Gasteiger charge is 2.26. The number of hydrogen-bond donors (Lipinski definition) is 1. The van der Waals surface area contributed by atoms with Gasteiger partial charge in [-0.05, 0) is 37.0 Å². The number of carbonyl (C=O) groups is 1. The molecule has 2 rings (SSSR count). The summed E-state index contributed by atoms with van der Waals surface area (Å²) in [6.07, 6.45) is 3.06. The molecule has 0 bridgehead atoms. The maximum Gasteiger partial charge on any atom is 0.225 e. The normalized spacial score (nSPS) is 20.4. The lowest BCUT2D eigenvalue weighted by atomic mass is 9.98. The second kappa shape index (κ2) is 7.46. The third-order valence-corrected chi connectivity index (χ3v) is 4.00. The fraction of sp³-hybridized carbons (Fsp3) is 0.588. The molecule has 1 aliphatic heterocycles. The number of nitrogens with two attached hydrogens (primary N) is 1. The van der Waals surface area contributed by atoms with Crippen molar-refractivity contribution in [2.45, 2.75) is 39.2 Å². The van der Waals surface area contributed by atoms with Crippen LogP contribution in [0.4, 0.5) is 0 Å². The van der Waals surface area contributed by atoms with Crippen molar-refractivity contribution in [1.82, 2.24) is 4.90 Å². The Labute approximate surface area is 127 Å². The number of piperidine rings is 1. The highest BCUT2D eigenvalue weighted by Crippen LogP contribution is 2.21. The number of hydrogen-bond acceptors (Lipinski definition) is 3. The number of ether oxygens (including phenoxy) is 1. The summed E-state index contributed by atoms with van der Waals surface area (Å²) in [5, 5.41) is 0. The summed E-state index contributed by atoms with van der Waals surface area (Å²) >= 11 is 0. The molecule has 4 nitrogen and oxygen atoms in total. The van der Waals surface area contributed by atoms with Crippen LogP contribution < -0.4 is 10.5 Å². The second-order valence-electron chi connectivity index (χ2n) is 5.85. The molecule has 1 saturated heterocycles. The van der Waals surface area contributed by atoms with E-state index in [2.05, 4.69) is 6.92 Å². The standard InChI is InChI=1S/C17H26N2O2/c1-3-11-21-15-8-6-14(7-9-15)16(18)12-19-10-4-5-13(2)17(19)20/h6-9,13,16H,3-5,10-12,18H2,1-2H3. The zero-order chi connectivity index (χ0) is 15.2. The lowest BCUT2D eigenvalue weighted by Gasteiger charge is -2.32. The molecule has 0 aromatic heterocycles. The van der Waals surface area contributed by atoms with E-state index in [1.54, 1.807) is 0 Å². The van der Waals surface area contributed by atoms with Crippen molar-refractivity contribution in [2.75, 3.05) is 19.7 Å². The van der Waals surface area contributed by atoms with Crippen molar-refractivity contribution in [2.24, 2.45) is 11.7 Å². The Morgan fingerprint density at radius 3 is 2.76 bits per heavy atom. The van der Waals surface area contributed by atoms with Crippen LogP contribution in [0, 0.1) is 5.92 Å². The molecule has 0 spiro atoms. The summed E-state index contributed by atoms with van der Waals surface area (Å²) in [7, 11) is 0. The smallest absolute Gasteiger partial charge is 0.225 e. The van der Waals surface area contributed by atoms with Crippen LogP contribution in [0.5, 0.6) is 5.75 Å². The number of nitrogens with zero attached hydrogens (tertiary/aromatic N) is 1. The maximum absolute atomic E-state index is 12.1. The maximum atomic E-state index is 12.1. The molecule has 1 aromatic rings. The highest BCUT2D eigenvalue weighted by atomic mass is 16.5. The first kappa shape index (κ1) is 15.8. The van der Waals surface area contributed by atoms with E-state index in [1.165, 1.54) is 0 Å². The lowest BCUT2D eigenvalue weighted by molar-refractivity contribution is -0.138. The van der Waals surface area contributed by atoms with E-state index in [0.717, 1.165) is 43.7 Å². The van der Waals surface area contributed by atoms with Gasteiger partial charge in [0.1, 0.15) is 5.75 Å². The van der Waals surface area contributed by atoms with Gasteiger partial charge in [0.25, 0.3) is 0 Å².